The van der Waals surface area contributed by atoms with E-state index in [1.54, 1.807) is 0 Å². The largest absolute Gasteiger partial charge is 0.478 e. The first kappa shape index (κ1) is 15.6. The van der Waals surface area contributed by atoms with E-state index in [-0.39, 0.29) is 22.6 Å². The zero-order valence-electron chi connectivity index (χ0n) is 10.8. The van der Waals surface area contributed by atoms with E-state index in [0.717, 1.165) is 0 Å². The van der Waals surface area contributed by atoms with Crippen molar-refractivity contribution in [3.63, 3.8) is 0 Å². The number of methoxy groups -OCH3 is 1. The van der Waals surface area contributed by atoms with E-state index in [0.29, 0.717) is 13.0 Å². The van der Waals surface area contributed by atoms with Gasteiger partial charge in [0.05, 0.1) is 10.5 Å². The molecule has 19 heavy (non-hydrogen) atoms. The second kappa shape index (κ2) is 6.65. The Bertz CT molecular complexity index is 553. The van der Waals surface area contributed by atoms with Crippen LogP contribution in [0.5, 0.6) is 0 Å². The number of carboxylic acids is 1. The average Bonchev–Trinajstić information content (AvgIpc) is 2.34. The Labute approximate surface area is 112 Å². The van der Waals surface area contributed by atoms with E-state index in [1.165, 1.54) is 32.2 Å². The first-order valence-electron chi connectivity index (χ1n) is 5.71. The lowest BCUT2D eigenvalue weighted by Gasteiger charge is -2.10. The van der Waals surface area contributed by atoms with Gasteiger partial charge < -0.3 is 9.84 Å². The van der Waals surface area contributed by atoms with E-state index < -0.39 is 16.0 Å². The van der Waals surface area contributed by atoms with Crippen molar-refractivity contribution in [2.75, 3.05) is 20.3 Å². The SMILES string of the molecule is COCCCNS(=O)(=O)c1cccc(C(=O)O)c1C. The second-order valence-electron chi connectivity index (χ2n) is 3.98. The zero-order valence-corrected chi connectivity index (χ0v) is 11.7. The van der Waals surface area contributed by atoms with Crippen LogP contribution in [0, 0.1) is 6.92 Å². The smallest absolute Gasteiger partial charge is 0.335 e. The third-order valence-electron chi connectivity index (χ3n) is 2.62. The number of ether oxygens (including phenoxy) is 1. The Morgan fingerprint density at radius 1 is 1.42 bits per heavy atom. The van der Waals surface area contributed by atoms with Gasteiger partial charge in [0.25, 0.3) is 0 Å². The minimum absolute atomic E-state index is 0.00943. The van der Waals surface area contributed by atoms with Crippen LogP contribution in [-0.4, -0.2) is 39.8 Å². The normalized spacial score (nSPS) is 11.5. The van der Waals surface area contributed by atoms with E-state index in [9.17, 15) is 13.2 Å². The maximum Gasteiger partial charge on any atom is 0.335 e. The molecule has 106 valence electrons. The fourth-order valence-electron chi connectivity index (χ4n) is 1.64. The van der Waals surface area contributed by atoms with Gasteiger partial charge in [-0.1, -0.05) is 6.07 Å². The van der Waals surface area contributed by atoms with E-state index in [1.807, 2.05) is 0 Å². The number of nitrogens with one attached hydrogen (secondary N) is 1. The van der Waals surface area contributed by atoms with Crippen molar-refractivity contribution in [3.05, 3.63) is 29.3 Å². The molecule has 0 fully saturated rings. The number of sulfonamides is 1. The minimum Gasteiger partial charge on any atom is -0.478 e. The quantitative estimate of drug-likeness (QED) is 0.730. The summed E-state index contributed by atoms with van der Waals surface area (Å²) in [5, 5.41) is 8.97. The molecule has 0 amide bonds. The number of carbonyl (C=O) groups is 1. The predicted octanol–water partition coefficient (Wildman–Crippen LogP) is 1.01. The summed E-state index contributed by atoms with van der Waals surface area (Å²) in [5.74, 6) is -1.14. The molecule has 0 saturated heterocycles. The maximum atomic E-state index is 12.0. The molecular formula is C12H17NO5S. The summed E-state index contributed by atoms with van der Waals surface area (Å²) in [7, 11) is -2.16. The van der Waals surface area contributed by atoms with Gasteiger partial charge in [0, 0.05) is 20.3 Å². The summed E-state index contributed by atoms with van der Waals surface area (Å²) in [6.07, 6.45) is 0.549. The molecule has 0 aliphatic rings. The van der Waals surface area contributed by atoms with Crippen LogP contribution in [0.3, 0.4) is 0 Å². The number of carboxylic acid groups (broad SMARTS) is 1. The van der Waals surface area contributed by atoms with Gasteiger partial charge >= 0.3 is 5.97 Å². The van der Waals surface area contributed by atoms with Gasteiger partial charge in [0.2, 0.25) is 10.0 Å². The Balaban J connectivity index is 2.96. The van der Waals surface area contributed by atoms with Crippen molar-refractivity contribution >= 4 is 16.0 Å². The van der Waals surface area contributed by atoms with Crippen LogP contribution in [0.1, 0.15) is 22.3 Å². The van der Waals surface area contributed by atoms with Crippen LogP contribution in [0.4, 0.5) is 0 Å². The van der Waals surface area contributed by atoms with Crippen molar-refractivity contribution in [3.8, 4) is 0 Å². The molecule has 0 aliphatic carbocycles. The zero-order chi connectivity index (χ0) is 14.5. The predicted molar refractivity (Wildman–Crippen MR) is 69.8 cm³/mol. The van der Waals surface area contributed by atoms with Gasteiger partial charge in [-0.25, -0.2) is 17.9 Å². The summed E-state index contributed by atoms with van der Waals surface area (Å²) in [5.41, 5.74) is 0.217. The molecule has 7 heteroatoms. The molecule has 0 heterocycles. The third kappa shape index (κ3) is 4.02. The van der Waals surface area contributed by atoms with Crippen molar-refractivity contribution in [2.45, 2.75) is 18.2 Å². The summed E-state index contributed by atoms with van der Waals surface area (Å²) in [6.45, 7) is 2.18. The highest BCUT2D eigenvalue weighted by molar-refractivity contribution is 7.89. The van der Waals surface area contributed by atoms with Crippen LogP contribution in [0.2, 0.25) is 0 Å². The van der Waals surface area contributed by atoms with E-state index in [2.05, 4.69) is 4.72 Å². The van der Waals surface area contributed by atoms with Crippen molar-refractivity contribution in [2.24, 2.45) is 0 Å². The lowest BCUT2D eigenvalue weighted by Crippen LogP contribution is -2.26. The lowest BCUT2D eigenvalue weighted by molar-refractivity contribution is 0.0696. The number of hydrogen-bond donors (Lipinski definition) is 2. The van der Waals surface area contributed by atoms with Crippen LogP contribution in [0.15, 0.2) is 23.1 Å². The molecular weight excluding hydrogens is 270 g/mol. The summed E-state index contributed by atoms with van der Waals surface area (Å²) >= 11 is 0. The fraction of sp³-hybridized carbons (Fsp3) is 0.417. The fourth-order valence-corrected chi connectivity index (χ4v) is 2.98. The molecule has 1 aromatic rings. The number of aromatic carboxylic acids is 1. The van der Waals surface area contributed by atoms with Crippen LogP contribution < -0.4 is 4.72 Å². The molecule has 0 spiro atoms. The lowest BCUT2D eigenvalue weighted by atomic mass is 10.1. The molecule has 0 atom stereocenters. The molecule has 6 nitrogen and oxygen atoms in total. The van der Waals surface area contributed by atoms with Crippen LogP contribution >= 0.6 is 0 Å². The number of rotatable bonds is 7. The van der Waals surface area contributed by atoms with Gasteiger partial charge in [-0.15, -0.1) is 0 Å². The van der Waals surface area contributed by atoms with Crippen molar-refractivity contribution < 1.29 is 23.1 Å². The second-order valence-corrected chi connectivity index (χ2v) is 5.71. The van der Waals surface area contributed by atoms with Crippen molar-refractivity contribution in [1.29, 1.82) is 0 Å². The van der Waals surface area contributed by atoms with Gasteiger partial charge in [-0.3, -0.25) is 0 Å². The molecule has 1 rings (SSSR count). The van der Waals surface area contributed by atoms with Gasteiger partial charge in [0.1, 0.15) is 0 Å². The van der Waals surface area contributed by atoms with E-state index in [4.69, 9.17) is 9.84 Å². The minimum atomic E-state index is -3.70. The average molecular weight is 287 g/mol. The standard InChI is InChI=1S/C12H17NO5S/c1-9-10(12(14)15)5-3-6-11(9)19(16,17)13-7-4-8-18-2/h3,5-6,13H,4,7-8H2,1-2H3,(H,14,15). The highest BCUT2D eigenvalue weighted by atomic mass is 32.2. The Morgan fingerprint density at radius 3 is 2.68 bits per heavy atom. The van der Waals surface area contributed by atoms with Crippen molar-refractivity contribution in [1.82, 2.24) is 4.72 Å². The van der Waals surface area contributed by atoms with Crippen LogP contribution in [0.25, 0.3) is 0 Å². The molecule has 0 radical (unpaired) electrons. The highest BCUT2D eigenvalue weighted by Gasteiger charge is 2.19. The van der Waals surface area contributed by atoms with Gasteiger partial charge in [0.15, 0.2) is 0 Å². The van der Waals surface area contributed by atoms with E-state index >= 15 is 0 Å². The third-order valence-corrected chi connectivity index (χ3v) is 4.23. The first-order chi connectivity index (χ1) is 8.90. The summed E-state index contributed by atoms with van der Waals surface area (Å²) < 4.78 is 31.3. The monoisotopic (exact) mass is 287 g/mol. The van der Waals surface area contributed by atoms with Crippen LogP contribution in [-0.2, 0) is 14.8 Å². The molecule has 0 saturated carbocycles. The molecule has 0 aromatic heterocycles. The van der Waals surface area contributed by atoms with Gasteiger partial charge in [-0.2, -0.15) is 0 Å². The Morgan fingerprint density at radius 2 is 2.11 bits per heavy atom. The molecule has 0 unspecified atom stereocenters. The first-order valence-corrected chi connectivity index (χ1v) is 7.20. The molecule has 1 aromatic carbocycles. The molecule has 0 bridgehead atoms. The Hall–Kier alpha value is -1.44. The number of benzene rings is 1. The maximum absolute atomic E-state index is 12.0. The highest BCUT2D eigenvalue weighted by Crippen LogP contribution is 2.18. The summed E-state index contributed by atoms with van der Waals surface area (Å²) in [4.78, 5) is 11.0. The molecule has 2 N–H and O–H groups in total. The summed E-state index contributed by atoms with van der Waals surface area (Å²) in [6, 6.07) is 4.18. The van der Waals surface area contributed by atoms with Gasteiger partial charge in [-0.05, 0) is 31.0 Å². The Kier molecular flexibility index (Phi) is 5.46. The molecule has 0 aliphatic heterocycles. The topological polar surface area (TPSA) is 92.7 Å². The number of hydrogen-bond acceptors (Lipinski definition) is 4.